The van der Waals surface area contributed by atoms with E-state index < -0.39 is 10.0 Å². The van der Waals surface area contributed by atoms with Gasteiger partial charge in [-0.3, -0.25) is 9.10 Å². The van der Waals surface area contributed by atoms with Crippen molar-refractivity contribution in [3.05, 3.63) is 58.6 Å². The first-order valence-electron chi connectivity index (χ1n) is 6.84. The van der Waals surface area contributed by atoms with Crippen LogP contribution in [0.25, 0.3) is 0 Å². The average Bonchev–Trinajstić information content (AvgIpc) is 2.46. The van der Waals surface area contributed by atoms with E-state index in [9.17, 15) is 13.2 Å². The van der Waals surface area contributed by atoms with Crippen LogP contribution in [0.2, 0.25) is 0 Å². The number of carbonyl (C=O) groups excluding carboxylic acids is 1. The number of amides is 1. The highest BCUT2D eigenvalue weighted by Crippen LogP contribution is 2.19. The molecule has 0 saturated heterocycles. The van der Waals surface area contributed by atoms with Crippen LogP contribution in [0.5, 0.6) is 0 Å². The molecule has 0 spiro atoms. The minimum Gasteiger partial charge on any atom is -0.326 e. The molecule has 7 heteroatoms. The Morgan fingerprint density at radius 3 is 2.39 bits per heavy atom. The lowest BCUT2D eigenvalue weighted by molar-refractivity contribution is -0.115. The standard InChI is InChI=1S/C16H17BrN2O3S/c1-19(23(2,21)22)15-8-6-14(7-9-15)18-16(20)11-12-4-3-5-13(17)10-12/h3-10H,11H2,1-2H3,(H,18,20). The monoisotopic (exact) mass is 396 g/mol. The average molecular weight is 397 g/mol. The number of benzene rings is 2. The van der Waals surface area contributed by atoms with Crippen molar-refractivity contribution in [3.63, 3.8) is 0 Å². The van der Waals surface area contributed by atoms with Crippen molar-refractivity contribution in [2.75, 3.05) is 22.9 Å². The SMILES string of the molecule is CN(c1ccc(NC(=O)Cc2cccc(Br)c2)cc1)S(C)(=O)=O. The molecule has 0 radical (unpaired) electrons. The maximum atomic E-state index is 12.0. The van der Waals surface area contributed by atoms with Gasteiger partial charge in [-0.1, -0.05) is 28.1 Å². The smallest absolute Gasteiger partial charge is 0.231 e. The molecule has 0 saturated carbocycles. The molecule has 1 amide bonds. The lowest BCUT2D eigenvalue weighted by Gasteiger charge is -2.16. The Morgan fingerprint density at radius 2 is 1.83 bits per heavy atom. The van der Waals surface area contributed by atoms with Crippen molar-refractivity contribution in [1.82, 2.24) is 0 Å². The van der Waals surface area contributed by atoms with Gasteiger partial charge in [0, 0.05) is 17.2 Å². The zero-order chi connectivity index (χ0) is 17.0. The van der Waals surface area contributed by atoms with Gasteiger partial charge < -0.3 is 5.32 Å². The lowest BCUT2D eigenvalue weighted by Crippen LogP contribution is -2.24. The lowest BCUT2D eigenvalue weighted by atomic mass is 10.1. The molecular weight excluding hydrogens is 380 g/mol. The Hall–Kier alpha value is -1.86. The molecule has 0 aliphatic rings. The summed E-state index contributed by atoms with van der Waals surface area (Å²) in [7, 11) is -1.81. The Kier molecular flexibility index (Phi) is 5.43. The van der Waals surface area contributed by atoms with E-state index in [0.717, 1.165) is 16.3 Å². The molecule has 0 bridgehead atoms. The maximum Gasteiger partial charge on any atom is 0.231 e. The Balaban J connectivity index is 2.02. The molecule has 0 aromatic heterocycles. The van der Waals surface area contributed by atoms with Crippen molar-refractivity contribution in [1.29, 1.82) is 0 Å². The van der Waals surface area contributed by atoms with Crippen molar-refractivity contribution < 1.29 is 13.2 Å². The van der Waals surface area contributed by atoms with Crippen LogP contribution in [0, 0.1) is 0 Å². The zero-order valence-electron chi connectivity index (χ0n) is 12.8. The minimum absolute atomic E-state index is 0.132. The Bertz CT molecular complexity index is 804. The van der Waals surface area contributed by atoms with Crippen molar-refractivity contribution in [2.45, 2.75) is 6.42 Å². The summed E-state index contributed by atoms with van der Waals surface area (Å²) in [6.07, 6.45) is 1.41. The summed E-state index contributed by atoms with van der Waals surface area (Å²) in [6, 6.07) is 14.2. The van der Waals surface area contributed by atoms with Gasteiger partial charge in [-0.05, 0) is 42.0 Å². The molecule has 2 rings (SSSR count). The fourth-order valence-electron chi connectivity index (χ4n) is 1.98. The number of nitrogens with one attached hydrogen (secondary N) is 1. The number of carbonyl (C=O) groups is 1. The highest BCUT2D eigenvalue weighted by atomic mass is 79.9. The Morgan fingerprint density at radius 1 is 1.17 bits per heavy atom. The van der Waals surface area contributed by atoms with Crippen LogP contribution in [0.1, 0.15) is 5.56 Å². The predicted molar refractivity (Wildman–Crippen MR) is 96.2 cm³/mol. The zero-order valence-corrected chi connectivity index (χ0v) is 15.2. The second-order valence-corrected chi connectivity index (χ2v) is 8.06. The van der Waals surface area contributed by atoms with Crippen LogP contribution in [0.3, 0.4) is 0 Å². The topological polar surface area (TPSA) is 66.5 Å². The molecule has 5 nitrogen and oxygen atoms in total. The van der Waals surface area contributed by atoms with Crippen molar-refractivity contribution >= 4 is 43.2 Å². The minimum atomic E-state index is -3.30. The second kappa shape index (κ2) is 7.14. The Labute approximate surface area is 144 Å². The number of rotatable bonds is 5. The first kappa shape index (κ1) is 17.5. The molecule has 122 valence electrons. The van der Waals surface area contributed by atoms with Crippen LogP contribution >= 0.6 is 15.9 Å². The molecule has 23 heavy (non-hydrogen) atoms. The molecule has 0 fully saturated rings. The summed E-state index contributed by atoms with van der Waals surface area (Å²) in [6.45, 7) is 0. The molecule has 2 aromatic carbocycles. The van der Waals surface area contributed by atoms with Crippen LogP contribution < -0.4 is 9.62 Å². The molecular formula is C16H17BrN2O3S. The van der Waals surface area contributed by atoms with Gasteiger partial charge >= 0.3 is 0 Å². The highest BCUT2D eigenvalue weighted by Gasteiger charge is 2.12. The highest BCUT2D eigenvalue weighted by molar-refractivity contribution is 9.10. The molecule has 1 N–H and O–H groups in total. The summed E-state index contributed by atoms with van der Waals surface area (Å²) >= 11 is 3.37. The molecule has 0 aliphatic carbocycles. The number of nitrogens with zero attached hydrogens (tertiary/aromatic N) is 1. The maximum absolute atomic E-state index is 12.0. The van der Waals surface area contributed by atoms with Crippen molar-refractivity contribution in [2.24, 2.45) is 0 Å². The third kappa shape index (κ3) is 5.07. The van der Waals surface area contributed by atoms with E-state index in [4.69, 9.17) is 0 Å². The van der Waals surface area contributed by atoms with Gasteiger partial charge in [-0.2, -0.15) is 0 Å². The fraction of sp³-hybridized carbons (Fsp3) is 0.188. The van der Waals surface area contributed by atoms with E-state index in [1.165, 1.54) is 11.4 Å². The molecule has 2 aromatic rings. The molecule has 0 atom stereocenters. The molecule has 0 aliphatic heterocycles. The normalized spacial score (nSPS) is 11.1. The third-order valence-electron chi connectivity index (χ3n) is 3.27. The summed E-state index contributed by atoms with van der Waals surface area (Å²) in [5, 5.41) is 2.79. The third-order valence-corrected chi connectivity index (χ3v) is 4.96. The van der Waals surface area contributed by atoms with Crippen LogP contribution in [0.15, 0.2) is 53.0 Å². The number of hydrogen-bond acceptors (Lipinski definition) is 3. The summed E-state index contributed by atoms with van der Waals surface area (Å²) < 4.78 is 25.1. The number of anilines is 2. The molecule has 0 unspecified atom stereocenters. The van der Waals surface area contributed by atoms with E-state index in [-0.39, 0.29) is 12.3 Å². The van der Waals surface area contributed by atoms with E-state index in [1.807, 2.05) is 24.3 Å². The first-order chi connectivity index (χ1) is 10.8. The molecule has 0 heterocycles. The quantitative estimate of drug-likeness (QED) is 0.844. The largest absolute Gasteiger partial charge is 0.326 e. The van der Waals surface area contributed by atoms with E-state index in [1.54, 1.807) is 24.3 Å². The van der Waals surface area contributed by atoms with E-state index in [2.05, 4.69) is 21.2 Å². The van der Waals surface area contributed by atoms with Crippen LogP contribution in [0.4, 0.5) is 11.4 Å². The number of halogens is 1. The summed E-state index contributed by atoms with van der Waals surface area (Å²) in [5.74, 6) is -0.132. The van der Waals surface area contributed by atoms with Gasteiger partial charge in [0.15, 0.2) is 0 Å². The van der Waals surface area contributed by atoms with E-state index >= 15 is 0 Å². The van der Waals surface area contributed by atoms with Gasteiger partial charge in [-0.15, -0.1) is 0 Å². The van der Waals surface area contributed by atoms with Gasteiger partial charge in [0.05, 0.1) is 18.4 Å². The first-order valence-corrected chi connectivity index (χ1v) is 9.48. The fourth-order valence-corrected chi connectivity index (χ4v) is 2.93. The van der Waals surface area contributed by atoms with Gasteiger partial charge in [-0.25, -0.2) is 8.42 Å². The van der Waals surface area contributed by atoms with Gasteiger partial charge in [0.1, 0.15) is 0 Å². The van der Waals surface area contributed by atoms with E-state index in [0.29, 0.717) is 11.4 Å². The van der Waals surface area contributed by atoms with Gasteiger partial charge in [0.25, 0.3) is 0 Å². The summed E-state index contributed by atoms with van der Waals surface area (Å²) in [5.41, 5.74) is 2.07. The number of hydrogen-bond donors (Lipinski definition) is 1. The predicted octanol–water partition coefficient (Wildman–Crippen LogP) is 3.03. The van der Waals surface area contributed by atoms with Gasteiger partial charge in [0.2, 0.25) is 15.9 Å². The van der Waals surface area contributed by atoms with Crippen molar-refractivity contribution in [3.8, 4) is 0 Å². The number of sulfonamides is 1. The second-order valence-electron chi connectivity index (χ2n) is 5.13. The van der Waals surface area contributed by atoms with Crippen LogP contribution in [-0.2, 0) is 21.2 Å². The van der Waals surface area contributed by atoms with Crippen LogP contribution in [-0.4, -0.2) is 27.6 Å². The summed E-state index contributed by atoms with van der Waals surface area (Å²) in [4.78, 5) is 12.0.